The van der Waals surface area contributed by atoms with Gasteiger partial charge in [0.05, 0.1) is 18.6 Å². The van der Waals surface area contributed by atoms with E-state index in [1.807, 2.05) is 19.2 Å². The Labute approximate surface area is 117 Å². The van der Waals surface area contributed by atoms with Gasteiger partial charge in [-0.25, -0.2) is 0 Å². The Morgan fingerprint density at radius 1 is 1.25 bits per heavy atom. The Hall–Kier alpha value is -1.72. The summed E-state index contributed by atoms with van der Waals surface area (Å²) in [7, 11) is 0. The van der Waals surface area contributed by atoms with Gasteiger partial charge in [-0.2, -0.15) is 0 Å². The maximum Gasteiger partial charge on any atom is 0.260 e. The highest BCUT2D eigenvalue weighted by molar-refractivity contribution is 5.83. The zero-order valence-corrected chi connectivity index (χ0v) is 11.7. The van der Waals surface area contributed by atoms with Crippen LogP contribution in [0.5, 0.6) is 0 Å². The lowest BCUT2D eigenvalue weighted by Gasteiger charge is -2.26. The van der Waals surface area contributed by atoms with Gasteiger partial charge < -0.3 is 9.30 Å². The first kappa shape index (κ1) is 13.3. The summed E-state index contributed by atoms with van der Waals surface area (Å²) in [6, 6.07) is 1.90. The van der Waals surface area contributed by atoms with Crippen LogP contribution in [-0.4, -0.2) is 47.3 Å². The van der Waals surface area contributed by atoms with E-state index in [4.69, 9.17) is 4.74 Å². The highest BCUT2D eigenvalue weighted by Gasteiger charge is 2.11. The van der Waals surface area contributed by atoms with Crippen LogP contribution >= 0.6 is 0 Å². The molecule has 0 amide bonds. The third kappa shape index (κ3) is 2.59. The number of morpholine rings is 1. The van der Waals surface area contributed by atoms with Crippen LogP contribution in [0.3, 0.4) is 0 Å². The molecule has 0 N–H and O–H groups in total. The van der Waals surface area contributed by atoms with Crippen LogP contribution in [0.15, 0.2) is 29.5 Å². The molecule has 1 aliphatic heterocycles. The van der Waals surface area contributed by atoms with Crippen LogP contribution in [-0.2, 0) is 11.3 Å². The molecular formula is C15H19N3O2. The summed E-state index contributed by atoms with van der Waals surface area (Å²) < 4.78 is 7.13. The van der Waals surface area contributed by atoms with Crippen molar-refractivity contribution < 1.29 is 4.74 Å². The third-order valence-electron chi connectivity index (χ3n) is 3.85. The normalized spacial score (nSPS) is 16.6. The first-order chi connectivity index (χ1) is 9.75. The van der Waals surface area contributed by atoms with Gasteiger partial charge in [-0.15, -0.1) is 0 Å². The highest BCUT2D eigenvalue weighted by Crippen LogP contribution is 2.12. The maximum absolute atomic E-state index is 12.4. The van der Waals surface area contributed by atoms with E-state index in [9.17, 15) is 4.79 Å². The first-order valence-corrected chi connectivity index (χ1v) is 6.99. The van der Waals surface area contributed by atoms with E-state index in [0.717, 1.165) is 43.8 Å². The van der Waals surface area contributed by atoms with Crippen LogP contribution in [0.4, 0.5) is 0 Å². The van der Waals surface area contributed by atoms with Crippen molar-refractivity contribution in [3.8, 4) is 0 Å². The molecule has 3 heterocycles. The zero-order valence-electron chi connectivity index (χ0n) is 11.7. The van der Waals surface area contributed by atoms with Crippen molar-refractivity contribution in [2.45, 2.75) is 13.5 Å². The van der Waals surface area contributed by atoms with Crippen molar-refractivity contribution in [3.63, 3.8) is 0 Å². The van der Waals surface area contributed by atoms with Gasteiger partial charge in [0.1, 0.15) is 0 Å². The molecule has 20 heavy (non-hydrogen) atoms. The van der Waals surface area contributed by atoms with E-state index in [-0.39, 0.29) is 5.56 Å². The molecule has 1 fully saturated rings. The van der Waals surface area contributed by atoms with E-state index in [1.54, 1.807) is 17.0 Å². The van der Waals surface area contributed by atoms with Gasteiger partial charge in [-0.3, -0.25) is 14.7 Å². The summed E-state index contributed by atoms with van der Waals surface area (Å²) in [6.07, 6.45) is 5.34. The van der Waals surface area contributed by atoms with Crippen molar-refractivity contribution in [2.75, 3.05) is 32.8 Å². The van der Waals surface area contributed by atoms with Gasteiger partial charge in [0.15, 0.2) is 0 Å². The van der Waals surface area contributed by atoms with Gasteiger partial charge in [-0.05, 0) is 23.9 Å². The second kappa shape index (κ2) is 5.73. The van der Waals surface area contributed by atoms with E-state index < -0.39 is 0 Å². The Kier molecular flexibility index (Phi) is 3.80. The number of aromatic nitrogens is 2. The van der Waals surface area contributed by atoms with Crippen molar-refractivity contribution in [1.82, 2.24) is 14.5 Å². The van der Waals surface area contributed by atoms with Gasteiger partial charge in [0.25, 0.3) is 5.56 Å². The lowest BCUT2D eigenvalue weighted by atomic mass is 10.1. The van der Waals surface area contributed by atoms with Crippen LogP contribution in [0, 0.1) is 6.92 Å². The van der Waals surface area contributed by atoms with Crippen molar-refractivity contribution in [2.24, 2.45) is 0 Å². The average molecular weight is 273 g/mol. The maximum atomic E-state index is 12.4. The number of aryl methyl sites for hydroxylation is 1. The fourth-order valence-electron chi connectivity index (χ4n) is 2.67. The molecule has 0 spiro atoms. The molecule has 1 aliphatic rings. The third-order valence-corrected chi connectivity index (χ3v) is 3.85. The van der Waals surface area contributed by atoms with Crippen LogP contribution < -0.4 is 5.56 Å². The second-order valence-corrected chi connectivity index (χ2v) is 5.19. The van der Waals surface area contributed by atoms with E-state index >= 15 is 0 Å². The number of rotatable bonds is 3. The fraction of sp³-hybridized carbons (Fsp3) is 0.467. The summed E-state index contributed by atoms with van der Waals surface area (Å²) in [6.45, 7) is 7.10. The molecule has 0 bridgehead atoms. The van der Waals surface area contributed by atoms with Gasteiger partial charge in [0, 0.05) is 44.8 Å². The molecular weight excluding hydrogens is 254 g/mol. The van der Waals surface area contributed by atoms with Gasteiger partial charge in [-0.1, -0.05) is 0 Å². The summed E-state index contributed by atoms with van der Waals surface area (Å²) in [5.41, 5.74) is 1.16. The number of nitrogens with zero attached hydrogens (tertiary/aromatic N) is 3. The quantitative estimate of drug-likeness (QED) is 0.838. The monoisotopic (exact) mass is 273 g/mol. The molecule has 0 unspecified atom stereocenters. The highest BCUT2D eigenvalue weighted by atomic mass is 16.5. The number of pyridine rings is 2. The number of ether oxygens (including phenoxy) is 1. The molecule has 5 heteroatoms. The fourth-order valence-corrected chi connectivity index (χ4v) is 2.67. The molecule has 3 rings (SSSR count). The van der Waals surface area contributed by atoms with Crippen molar-refractivity contribution in [3.05, 3.63) is 40.6 Å². The van der Waals surface area contributed by atoms with Crippen molar-refractivity contribution in [1.29, 1.82) is 0 Å². The van der Waals surface area contributed by atoms with Crippen molar-refractivity contribution >= 4 is 10.8 Å². The number of fused-ring (bicyclic) bond motifs is 1. The lowest BCUT2D eigenvalue weighted by Crippen LogP contribution is -2.39. The largest absolute Gasteiger partial charge is 0.379 e. The minimum atomic E-state index is 0.0481. The average Bonchev–Trinajstić information content (AvgIpc) is 2.50. The van der Waals surface area contributed by atoms with Gasteiger partial charge in [0.2, 0.25) is 0 Å². The molecule has 0 aliphatic carbocycles. The summed E-state index contributed by atoms with van der Waals surface area (Å²) in [5.74, 6) is 0. The molecule has 2 aromatic heterocycles. The second-order valence-electron chi connectivity index (χ2n) is 5.19. The zero-order chi connectivity index (χ0) is 13.9. The summed E-state index contributed by atoms with van der Waals surface area (Å²) in [5, 5.41) is 1.70. The predicted octanol–water partition coefficient (Wildman–Crippen LogP) is 1.04. The Morgan fingerprint density at radius 2 is 2.05 bits per heavy atom. The van der Waals surface area contributed by atoms with Crippen LogP contribution in [0.1, 0.15) is 5.56 Å². The lowest BCUT2D eigenvalue weighted by molar-refractivity contribution is 0.0363. The summed E-state index contributed by atoms with van der Waals surface area (Å²) >= 11 is 0. The molecule has 0 saturated carbocycles. The molecule has 0 atom stereocenters. The topological polar surface area (TPSA) is 47.4 Å². The minimum absolute atomic E-state index is 0.0481. The minimum Gasteiger partial charge on any atom is -0.379 e. The van der Waals surface area contributed by atoms with E-state index in [1.165, 1.54) is 0 Å². The predicted molar refractivity (Wildman–Crippen MR) is 78.0 cm³/mol. The Balaban J connectivity index is 1.84. The molecule has 1 saturated heterocycles. The molecule has 0 aromatic carbocycles. The molecule has 106 valence electrons. The smallest absolute Gasteiger partial charge is 0.260 e. The molecule has 2 aromatic rings. The molecule has 5 nitrogen and oxygen atoms in total. The SMILES string of the molecule is Cc1cn(CCN2CCOCC2)c(=O)c2cnccc12. The van der Waals surface area contributed by atoms with Gasteiger partial charge >= 0.3 is 0 Å². The Bertz CT molecular complexity index is 660. The number of hydrogen-bond acceptors (Lipinski definition) is 4. The van der Waals surface area contributed by atoms with E-state index in [2.05, 4.69) is 9.88 Å². The number of hydrogen-bond donors (Lipinski definition) is 0. The Morgan fingerprint density at radius 3 is 2.85 bits per heavy atom. The van der Waals surface area contributed by atoms with Crippen LogP contribution in [0.25, 0.3) is 10.8 Å². The first-order valence-electron chi connectivity index (χ1n) is 6.99. The van der Waals surface area contributed by atoms with E-state index in [0.29, 0.717) is 11.9 Å². The standard InChI is InChI=1S/C15H19N3O2/c1-12-11-18(5-4-17-6-8-20-9-7-17)15(19)14-10-16-3-2-13(12)14/h2-3,10-11H,4-9H2,1H3. The van der Waals surface area contributed by atoms with Crippen LogP contribution in [0.2, 0.25) is 0 Å². The molecule has 0 radical (unpaired) electrons. The summed E-state index contributed by atoms with van der Waals surface area (Å²) in [4.78, 5) is 18.8.